The van der Waals surface area contributed by atoms with Crippen molar-refractivity contribution in [2.75, 3.05) is 61.1 Å². The molecule has 0 aliphatic carbocycles. The van der Waals surface area contributed by atoms with Gasteiger partial charge in [-0.15, -0.1) is 0 Å². The van der Waals surface area contributed by atoms with E-state index in [1.807, 2.05) is 21.1 Å². The quantitative estimate of drug-likeness (QED) is 0.0989. The lowest BCUT2D eigenvalue weighted by molar-refractivity contribution is -0.869. The van der Waals surface area contributed by atoms with Crippen molar-refractivity contribution in [3.8, 4) is 0 Å². The zero-order chi connectivity index (χ0) is 30.1. The molecular formula is C30H61N4O6+. The Balaban J connectivity index is 3.75. The molecule has 3 N–H and O–H groups in total. The molecule has 0 fully saturated rings. The number of carbonyl (C=O) groups is 3. The molecule has 0 rings (SSSR count). The summed E-state index contributed by atoms with van der Waals surface area (Å²) < 4.78 is 16.1. The number of unbranched alkanes of at least 4 members (excludes halogenated alkanes) is 15. The molecule has 0 aliphatic rings. The maximum atomic E-state index is 12.3. The Morgan fingerprint density at radius 3 is 1.62 bits per heavy atom. The van der Waals surface area contributed by atoms with Crippen molar-refractivity contribution in [2.45, 2.75) is 116 Å². The smallest absolute Gasteiger partial charge is 0.418 e. The van der Waals surface area contributed by atoms with Crippen molar-refractivity contribution < 1.29 is 33.1 Å². The molecule has 0 aliphatic heterocycles. The van der Waals surface area contributed by atoms with Crippen LogP contribution >= 0.6 is 0 Å². The van der Waals surface area contributed by atoms with Crippen LogP contribution in [0, 0.1) is 0 Å². The lowest BCUT2D eigenvalue weighted by Crippen LogP contribution is -2.48. The Labute approximate surface area is 244 Å². The molecule has 0 saturated heterocycles. The van der Waals surface area contributed by atoms with E-state index in [0.717, 1.165) is 17.7 Å². The molecule has 10 nitrogen and oxygen atoms in total. The Morgan fingerprint density at radius 2 is 1.20 bits per heavy atom. The van der Waals surface area contributed by atoms with Gasteiger partial charge in [-0.2, -0.15) is 0 Å². The van der Waals surface area contributed by atoms with Crippen LogP contribution in [0.15, 0.2) is 0 Å². The fourth-order valence-electron chi connectivity index (χ4n) is 4.20. The van der Waals surface area contributed by atoms with Crippen molar-refractivity contribution in [1.29, 1.82) is 0 Å². The summed E-state index contributed by atoms with van der Waals surface area (Å²) in [7, 11) is 7.25. The Morgan fingerprint density at radius 1 is 0.750 bits per heavy atom. The first kappa shape index (κ1) is 37.9. The summed E-state index contributed by atoms with van der Waals surface area (Å²) in [5.41, 5.74) is 5.31. The average molecular weight is 574 g/mol. The van der Waals surface area contributed by atoms with Crippen LogP contribution in [-0.2, 0) is 14.2 Å². The third-order valence-electron chi connectivity index (χ3n) is 6.91. The second-order valence-corrected chi connectivity index (χ2v) is 11.8. The Hall–Kier alpha value is -2.07. The first-order valence-electron chi connectivity index (χ1n) is 15.6. The van der Waals surface area contributed by atoms with Gasteiger partial charge in [-0.1, -0.05) is 103 Å². The molecule has 0 aromatic rings. The first-order valence-corrected chi connectivity index (χ1v) is 15.6. The van der Waals surface area contributed by atoms with Gasteiger partial charge in [0.2, 0.25) is 0 Å². The highest BCUT2D eigenvalue weighted by atomic mass is 16.6. The standard InChI is InChI=1S/C30H60N4O6/c1-6-7-8-9-10-11-12-13-14-15-16-17-18-19-20-21-22-32-29(36)39-25-27(38-5)26-40-30(37)33(28(31)35)23-24-34(2,3)4/h27H,6-26H2,1-5H3,(H2-,31,32,35,36)/p+1. The van der Waals surface area contributed by atoms with Crippen LogP contribution in [-0.4, -0.2) is 94.8 Å². The second-order valence-electron chi connectivity index (χ2n) is 11.8. The van der Waals surface area contributed by atoms with Crippen molar-refractivity contribution in [3.63, 3.8) is 0 Å². The lowest BCUT2D eigenvalue weighted by atomic mass is 10.0. The van der Waals surface area contributed by atoms with Crippen LogP contribution in [0.3, 0.4) is 0 Å². The Kier molecular flexibility index (Phi) is 23.4. The van der Waals surface area contributed by atoms with Crippen molar-refractivity contribution in [1.82, 2.24) is 10.2 Å². The monoisotopic (exact) mass is 573 g/mol. The third-order valence-corrected chi connectivity index (χ3v) is 6.91. The number of likely N-dealkylation sites (N-methyl/N-ethyl adjacent to an activating group) is 1. The van der Waals surface area contributed by atoms with Crippen LogP contribution in [0.1, 0.15) is 110 Å². The molecule has 0 aromatic carbocycles. The summed E-state index contributed by atoms with van der Waals surface area (Å²) in [6.45, 7) is 3.23. The van der Waals surface area contributed by atoms with Crippen molar-refractivity contribution in [2.24, 2.45) is 5.73 Å². The fourth-order valence-corrected chi connectivity index (χ4v) is 4.20. The van der Waals surface area contributed by atoms with E-state index in [2.05, 4.69) is 12.2 Å². The summed E-state index contributed by atoms with van der Waals surface area (Å²) in [6.07, 6.45) is 18.9. The van der Waals surface area contributed by atoms with Gasteiger partial charge >= 0.3 is 18.2 Å². The van der Waals surface area contributed by atoms with Gasteiger partial charge in [-0.3, -0.25) is 0 Å². The van der Waals surface area contributed by atoms with Gasteiger partial charge in [0.15, 0.2) is 0 Å². The molecule has 1 unspecified atom stereocenters. The highest BCUT2D eigenvalue weighted by Crippen LogP contribution is 2.13. The average Bonchev–Trinajstić information content (AvgIpc) is 2.89. The number of carbonyl (C=O) groups excluding carboxylic acids is 3. The van der Waals surface area contributed by atoms with Gasteiger partial charge in [0.05, 0.1) is 34.2 Å². The number of hydrogen-bond acceptors (Lipinski definition) is 6. The van der Waals surface area contributed by atoms with E-state index >= 15 is 0 Å². The predicted molar refractivity (Wildman–Crippen MR) is 160 cm³/mol. The van der Waals surface area contributed by atoms with E-state index in [0.29, 0.717) is 17.6 Å². The van der Waals surface area contributed by atoms with E-state index in [1.165, 1.54) is 97.0 Å². The number of imide groups is 1. The van der Waals surface area contributed by atoms with Crippen molar-refractivity contribution in [3.05, 3.63) is 0 Å². The van der Waals surface area contributed by atoms with Gasteiger partial charge in [0.25, 0.3) is 0 Å². The molecular weight excluding hydrogens is 512 g/mol. The number of rotatable bonds is 25. The molecule has 0 aromatic heterocycles. The number of ether oxygens (including phenoxy) is 3. The fraction of sp³-hybridized carbons (Fsp3) is 0.900. The van der Waals surface area contributed by atoms with Crippen LogP contribution in [0.2, 0.25) is 0 Å². The highest BCUT2D eigenvalue weighted by molar-refractivity contribution is 5.89. The summed E-state index contributed by atoms with van der Waals surface area (Å²) in [5, 5.41) is 2.74. The summed E-state index contributed by atoms with van der Waals surface area (Å²) in [4.78, 5) is 36.7. The molecule has 0 spiro atoms. The van der Waals surface area contributed by atoms with Gasteiger partial charge in [-0.25, -0.2) is 19.3 Å². The largest absolute Gasteiger partial charge is 0.447 e. The van der Waals surface area contributed by atoms with Gasteiger partial charge in [-0.05, 0) is 6.42 Å². The molecule has 4 amide bonds. The number of nitrogens with zero attached hydrogens (tertiary/aromatic N) is 2. The number of nitrogens with one attached hydrogen (secondary N) is 1. The molecule has 0 saturated carbocycles. The molecule has 0 bridgehead atoms. The predicted octanol–water partition coefficient (Wildman–Crippen LogP) is 6.21. The Bertz CT molecular complexity index is 657. The van der Waals surface area contributed by atoms with Gasteiger partial charge < -0.3 is 29.7 Å². The maximum absolute atomic E-state index is 12.3. The highest BCUT2D eigenvalue weighted by Gasteiger charge is 2.24. The number of amides is 4. The molecule has 0 heterocycles. The minimum atomic E-state index is -0.878. The minimum absolute atomic E-state index is 0.0793. The zero-order valence-electron chi connectivity index (χ0n) is 26.3. The molecule has 236 valence electrons. The minimum Gasteiger partial charge on any atom is -0.447 e. The van der Waals surface area contributed by atoms with Crippen LogP contribution < -0.4 is 11.1 Å². The maximum Gasteiger partial charge on any atom is 0.418 e. The molecule has 40 heavy (non-hydrogen) atoms. The number of hydrogen-bond donors (Lipinski definition) is 2. The number of methoxy groups -OCH3 is 1. The third kappa shape index (κ3) is 23.8. The zero-order valence-corrected chi connectivity index (χ0v) is 26.3. The van der Waals surface area contributed by atoms with Gasteiger partial charge in [0.1, 0.15) is 19.3 Å². The van der Waals surface area contributed by atoms with E-state index in [1.54, 1.807) is 0 Å². The molecule has 10 heteroatoms. The first-order chi connectivity index (χ1) is 19.1. The lowest BCUT2D eigenvalue weighted by Gasteiger charge is -2.27. The van der Waals surface area contributed by atoms with E-state index < -0.39 is 24.3 Å². The SMILES string of the molecule is CCCCCCCCCCCCCCCCCCNC(=O)OCC(COC(=O)N(CC[N+](C)(C)C)C(N)=O)OC. The van der Waals surface area contributed by atoms with E-state index in [-0.39, 0.29) is 19.8 Å². The van der Waals surface area contributed by atoms with Crippen LogP contribution in [0.4, 0.5) is 14.4 Å². The summed E-state index contributed by atoms with van der Waals surface area (Å²) >= 11 is 0. The number of alkyl carbamates (subject to hydrolysis) is 1. The summed E-state index contributed by atoms with van der Waals surface area (Å²) in [5.74, 6) is 0. The van der Waals surface area contributed by atoms with Crippen LogP contribution in [0.25, 0.3) is 0 Å². The normalized spacial score (nSPS) is 12.1. The van der Waals surface area contributed by atoms with Crippen LogP contribution in [0.5, 0.6) is 0 Å². The topological polar surface area (TPSA) is 120 Å². The summed E-state index contributed by atoms with van der Waals surface area (Å²) in [6, 6.07) is -0.878. The van der Waals surface area contributed by atoms with Gasteiger partial charge in [0, 0.05) is 13.7 Å². The number of nitrogens with two attached hydrogens (primary N) is 1. The van der Waals surface area contributed by atoms with E-state index in [9.17, 15) is 14.4 Å². The number of urea groups is 1. The van der Waals surface area contributed by atoms with Crippen molar-refractivity contribution >= 4 is 18.2 Å². The number of primary amides is 1. The van der Waals surface area contributed by atoms with E-state index in [4.69, 9.17) is 19.9 Å². The molecule has 1 atom stereocenters. The molecule has 0 radical (unpaired) electrons. The second kappa shape index (κ2) is 24.7. The number of quaternary nitrogens is 1.